The van der Waals surface area contributed by atoms with Crippen LogP contribution in [0.2, 0.25) is 10.0 Å². The molecule has 8 nitrogen and oxygen atoms in total. The Balaban J connectivity index is 1.42. The summed E-state index contributed by atoms with van der Waals surface area (Å²) in [5.41, 5.74) is 3.26. The largest absolute Gasteiger partial charge is 0.495 e. The van der Waals surface area contributed by atoms with Crippen LogP contribution in [0, 0.1) is 0 Å². The molecule has 0 radical (unpaired) electrons. The molecule has 202 valence electrons. The van der Waals surface area contributed by atoms with Gasteiger partial charge in [0, 0.05) is 62.1 Å². The van der Waals surface area contributed by atoms with Crippen LogP contribution in [0.4, 0.5) is 5.82 Å². The van der Waals surface area contributed by atoms with Crippen LogP contribution in [0.15, 0.2) is 54.9 Å². The third-order valence-electron chi connectivity index (χ3n) is 6.93. The summed E-state index contributed by atoms with van der Waals surface area (Å²) in [5, 5.41) is 4.29. The molecule has 1 N–H and O–H groups in total. The van der Waals surface area contributed by atoms with Gasteiger partial charge in [-0.15, -0.1) is 0 Å². The van der Waals surface area contributed by atoms with Gasteiger partial charge in [0.15, 0.2) is 0 Å². The van der Waals surface area contributed by atoms with Crippen LogP contribution < -0.4 is 14.8 Å². The zero-order valence-corrected chi connectivity index (χ0v) is 23.5. The lowest BCUT2D eigenvalue weighted by atomic mass is 9.97. The summed E-state index contributed by atoms with van der Waals surface area (Å²) in [5.74, 6) is 1.01. The highest BCUT2D eigenvalue weighted by Crippen LogP contribution is 2.47. The third-order valence-corrected chi connectivity index (χ3v) is 7.68. The van der Waals surface area contributed by atoms with Gasteiger partial charge in [-0.25, -0.2) is 4.98 Å². The number of amides is 1. The van der Waals surface area contributed by atoms with Crippen LogP contribution in [0.3, 0.4) is 0 Å². The summed E-state index contributed by atoms with van der Waals surface area (Å²) in [7, 11) is 5.19. The van der Waals surface area contributed by atoms with Crippen molar-refractivity contribution in [3.8, 4) is 22.6 Å². The van der Waals surface area contributed by atoms with E-state index in [1.165, 1.54) is 14.2 Å². The molecule has 3 heterocycles. The fourth-order valence-corrected chi connectivity index (χ4v) is 5.44. The van der Waals surface area contributed by atoms with Crippen LogP contribution in [-0.4, -0.2) is 73.1 Å². The number of likely N-dealkylation sites (N-methyl/N-ethyl adjacent to an activating group) is 1. The van der Waals surface area contributed by atoms with Crippen molar-refractivity contribution < 1.29 is 14.3 Å². The summed E-state index contributed by atoms with van der Waals surface area (Å²) < 4.78 is 10.9. The number of carbonyl (C=O) groups is 1. The number of piperazine rings is 1. The molecule has 0 spiro atoms. The minimum atomic E-state index is -0.315. The molecule has 10 heteroatoms. The maximum Gasteiger partial charge on any atom is 0.259 e. The second-order valence-corrected chi connectivity index (χ2v) is 10.2. The molecular formula is C29H29Cl2N5O3. The maximum atomic E-state index is 13.3. The highest BCUT2D eigenvalue weighted by Gasteiger charge is 2.22. The number of halogens is 2. The number of ether oxygens (including phenoxy) is 2. The number of carbonyl (C=O) groups excluding carboxylic acids is 1. The number of methoxy groups -OCH3 is 2. The second kappa shape index (κ2) is 11.8. The first-order chi connectivity index (χ1) is 18.9. The van der Waals surface area contributed by atoms with Gasteiger partial charge in [-0.3, -0.25) is 14.7 Å². The number of fused-ring (bicyclic) bond motifs is 1. The van der Waals surface area contributed by atoms with E-state index in [1.54, 1.807) is 30.5 Å². The summed E-state index contributed by atoms with van der Waals surface area (Å²) in [4.78, 5) is 27.1. The van der Waals surface area contributed by atoms with Gasteiger partial charge >= 0.3 is 0 Å². The van der Waals surface area contributed by atoms with Crippen molar-refractivity contribution in [2.24, 2.45) is 0 Å². The van der Waals surface area contributed by atoms with Crippen molar-refractivity contribution in [2.75, 3.05) is 52.8 Å². The van der Waals surface area contributed by atoms with Crippen LogP contribution in [-0.2, 0) is 6.54 Å². The summed E-state index contributed by atoms with van der Waals surface area (Å²) in [6.45, 7) is 5.03. The van der Waals surface area contributed by atoms with Crippen LogP contribution in [0.25, 0.3) is 22.0 Å². The molecule has 0 unspecified atom stereocenters. The molecule has 1 saturated heterocycles. The third kappa shape index (κ3) is 5.65. The number of hydrogen-bond acceptors (Lipinski definition) is 7. The zero-order valence-electron chi connectivity index (χ0n) is 22.0. The highest BCUT2D eigenvalue weighted by atomic mass is 35.5. The maximum absolute atomic E-state index is 13.3. The number of nitrogens with one attached hydrogen (secondary N) is 1. The Kier molecular flexibility index (Phi) is 8.18. The van der Waals surface area contributed by atoms with Crippen LogP contribution in [0.1, 0.15) is 15.9 Å². The second-order valence-electron chi connectivity index (χ2n) is 9.43. The molecule has 0 atom stereocenters. The number of rotatable bonds is 7. The number of benzene rings is 2. The number of aromatic nitrogens is 2. The summed E-state index contributed by atoms with van der Waals surface area (Å²) >= 11 is 13.4. The van der Waals surface area contributed by atoms with E-state index in [0.717, 1.165) is 38.3 Å². The first kappa shape index (κ1) is 27.1. The first-order valence-corrected chi connectivity index (χ1v) is 13.3. The topological polar surface area (TPSA) is 79.8 Å². The molecule has 0 aliphatic carbocycles. The number of nitrogens with zero attached hydrogens (tertiary/aromatic N) is 4. The van der Waals surface area contributed by atoms with Crippen molar-refractivity contribution in [2.45, 2.75) is 6.54 Å². The Morgan fingerprint density at radius 3 is 2.33 bits per heavy atom. The van der Waals surface area contributed by atoms with E-state index in [-0.39, 0.29) is 5.91 Å². The molecule has 1 fully saturated rings. The molecule has 1 amide bonds. The SMILES string of the molecule is COc1cc(OC)c(Cl)c(-c2ccc(C(=O)Nc3ccc(CN4CCN(C)CC4)cn3)c3ncccc23)c1Cl. The van der Waals surface area contributed by atoms with Crippen molar-refractivity contribution in [3.63, 3.8) is 0 Å². The lowest BCUT2D eigenvalue weighted by Gasteiger charge is -2.32. The molecular weight excluding hydrogens is 537 g/mol. The minimum Gasteiger partial charge on any atom is -0.495 e. The predicted molar refractivity (Wildman–Crippen MR) is 155 cm³/mol. The van der Waals surface area contributed by atoms with Gasteiger partial charge in [0.25, 0.3) is 5.91 Å². The van der Waals surface area contributed by atoms with E-state index < -0.39 is 0 Å². The highest BCUT2D eigenvalue weighted by molar-refractivity contribution is 6.41. The fraction of sp³-hybridized carbons (Fsp3) is 0.276. The van der Waals surface area contributed by atoms with Crippen molar-refractivity contribution in [1.29, 1.82) is 0 Å². The molecule has 2 aromatic heterocycles. The van der Waals surface area contributed by atoms with E-state index in [4.69, 9.17) is 32.7 Å². The van der Waals surface area contributed by atoms with Gasteiger partial charge in [-0.05, 0) is 36.4 Å². The Hall–Kier alpha value is -3.43. The molecule has 2 aromatic carbocycles. The Labute approximate surface area is 237 Å². The van der Waals surface area contributed by atoms with Gasteiger partial charge in [-0.1, -0.05) is 41.4 Å². The van der Waals surface area contributed by atoms with Gasteiger partial charge in [-0.2, -0.15) is 0 Å². The lowest BCUT2D eigenvalue weighted by molar-refractivity contribution is 0.102. The van der Waals surface area contributed by atoms with E-state index in [0.29, 0.717) is 55.0 Å². The number of hydrogen-bond donors (Lipinski definition) is 1. The predicted octanol–water partition coefficient (Wildman–Crippen LogP) is 5.62. The average molecular weight is 566 g/mol. The smallest absolute Gasteiger partial charge is 0.259 e. The minimum absolute atomic E-state index is 0.315. The van der Waals surface area contributed by atoms with Crippen molar-refractivity contribution >= 4 is 45.8 Å². The molecule has 39 heavy (non-hydrogen) atoms. The van der Waals surface area contributed by atoms with E-state index >= 15 is 0 Å². The molecule has 5 rings (SSSR count). The van der Waals surface area contributed by atoms with Crippen LogP contribution >= 0.6 is 23.2 Å². The van der Waals surface area contributed by atoms with Gasteiger partial charge in [0.1, 0.15) is 17.3 Å². The monoisotopic (exact) mass is 565 g/mol. The molecule has 0 bridgehead atoms. The summed E-state index contributed by atoms with van der Waals surface area (Å²) in [6.07, 6.45) is 3.46. The fourth-order valence-electron chi connectivity index (χ4n) is 4.74. The molecule has 4 aromatic rings. The first-order valence-electron chi connectivity index (χ1n) is 12.5. The van der Waals surface area contributed by atoms with Gasteiger partial charge in [0.05, 0.1) is 35.3 Å². The normalized spacial score (nSPS) is 14.4. The zero-order chi connectivity index (χ0) is 27.5. The van der Waals surface area contributed by atoms with Crippen molar-refractivity contribution in [3.05, 3.63) is 76.0 Å². The quantitative estimate of drug-likeness (QED) is 0.311. The molecule has 1 aliphatic heterocycles. The van der Waals surface area contributed by atoms with E-state index in [2.05, 4.69) is 32.1 Å². The Morgan fingerprint density at radius 2 is 1.69 bits per heavy atom. The number of pyridine rings is 2. The summed E-state index contributed by atoms with van der Waals surface area (Å²) in [6, 6.07) is 12.7. The van der Waals surface area contributed by atoms with E-state index in [9.17, 15) is 4.79 Å². The Morgan fingerprint density at radius 1 is 0.974 bits per heavy atom. The molecule has 1 aliphatic rings. The number of anilines is 1. The standard InChI is InChI=1S/C29H29Cl2N5O3/c1-35-11-13-36(14-12-35)17-18-6-9-24(33-16-18)34-29(37)21-8-7-19(20-5-4-10-32-28(20)21)25-26(30)22(38-2)15-23(39-3)27(25)31/h4-10,15-16H,11-14,17H2,1-3H3,(H,33,34,37). The molecule has 0 saturated carbocycles. The Bertz CT molecular complexity index is 1480. The van der Waals surface area contributed by atoms with Gasteiger partial charge < -0.3 is 19.7 Å². The average Bonchev–Trinajstić information content (AvgIpc) is 2.95. The lowest BCUT2D eigenvalue weighted by Crippen LogP contribution is -2.43. The van der Waals surface area contributed by atoms with Gasteiger partial charge in [0.2, 0.25) is 0 Å². The van der Waals surface area contributed by atoms with Crippen LogP contribution in [0.5, 0.6) is 11.5 Å². The van der Waals surface area contributed by atoms with E-state index in [1.807, 2.05) is 24.4 Å². The van der Waals surface area contributed by atoms with Crippen molar-refractivity contribution in [1.82, 2.24) is 19.8 Å².